The van der Waals surface area contributed by atoms with Gasteiger partial charge in [-0.1, -0.05) is 24.3 Å². The lowest BCUT2D eigenvalue weighted by atomic mass is 9.89. The van der Waals surface area contributed by atoms with Gasteiger partial charge in [-0.2, -0.15) is 18.8 Å². The highest BCUT2D eigenvalue weighted by molar-refractivity contribution is 8.00. The van der Waals surface area contributed by atoms with Crippen LogP contribution in [0.3, 0.4) is 0 Å². The van der Waals surface area contributed by atoms with Crippen molar-refractivity contribution in [3.8, 4) is 6.07 Å². The molecule has 1 aliphatic heterocycles. The zero-order valence-corrected chi connectivity index (χ0v) is 33.0. The van der Waals surface area contributed by atoms with Crippen molar-refractivity contribution < 1.29 is 64.2 Å². The molecule has 16 nitrogen and oxygen atoms in total. The highest BCUT2D eigenvalue weighted by Gasteiger charge is 2.47. The quantitative estimate of drug-likeness (QED) is 0.0792. The minimum absolute atomic E-state index is 0.125. The molecule has 3 aromatic rings. The van der Waals surface area contributed by atoms with Crippen LogP contribution in [0.25, 0.3) is 6.08 Å². The van der Waals surface area contributed by atoms with Crippen LogP contribution in [-0.4, -0.2) is 106 Å². The summed E-state index contributed by atoms with van der Waals surface area (Å²) in [5, 5.41) is 11.7. The Hall–Kier alpha value is -5.27. The summed E-state index contributed by atoms with van der Waals surface area (Å²) in [7, 11) is -3.03. The molecule has 1 amide bonds. The number of aromatic nitrogens is 3. The van der Waals surface area contributed by atoms with E-state index in [4.69, 9.17) is 33.5 Å². The van der Waals surface area contributed by atoms with E-state index >= 15 is 4.39 Å². The van der Waals surface area contributed by atoms with Crippen LogP contribution in [0.2, 0.25) is 0 Å². The van der Waals surface area contributed by atoms with Crippen LogP contribution in [0.1, 0.15) is 43.4 Å². The molecule has 58 heavy (non-hydrogen) atoms. The molecule has 1 fully saturated rings. The molecule has 0 spiro atoms. The molecule has 3 atom stereocenters. The van der Waals surface area contributed by atoms with Gasteiger partial charge in [-0.25, -0.2) is 27.6 Å². The molecule has 0 radical (unpaired) electrons. The maximum Gasteiger partial charge on any atom is 0.512 e. The Morgan fingerprint density at radius 3 is 2.48 bits per heavy atom. The molecule has 1 N–H and O–H groups in total. The normalized spacial score (nSPS) is 17.9. The van der Waals surface area contributed by atoms with E-state index in [1.807, 2.05) is 6.07 Å². The first-order valence-corrected chi connectivity index (χ1v) is 20.0. The smallest absolute Gasteiger partial charge is 0.425 e. The van der Waals surface area contributed by atoms with Crippen LogP contribution in [0.15, 0.2) is 67.3 Å². The number of amides is 1. The summed E-state index contributed by atoms with van der Waals surface area (Å²) < 4.78 is 104. The van der Waals surface area contributed by atoms with Crippen molar-refractivity contribution in [2.45, 2.75) is 61.9 Å². The standard InChI is InChI=1S/C37H40F3N5O11S2/c1-24(57-29-19-52-35(53-20-29)7-5-4-6-27-9-8-26(18-41)16-31(27)39)37(21-45-23-42-22-43-45,30-11-10-28(38)17-32(30)40)56-36(48)55-25(2)54-34(47)13-12-33(46)44(3)14-15-58(49,50)51/h4-11,16-17,22-25,29,35H,12-15,19-21H2,1-3H3,(H,49,50,51). The van der Waals surface area contributed by atoms with E-state index in [9.17, 15) is 31.6 Å². The maximum atomic E-state index is 15.7. The Labute approximate surface area is 336 Å². The lowest BCUT2D eigenvalue weighted by molar-refractivity contribution is -0.172. The highest BCUT2D eigenvalue weighted by atomic mass is 32.2. The van der Waals surface area contributed by atoms with Gasteiger partial charge in [0.2, 0.25) is 12.2 Å². The molecule has 1 saturated heterocycles. The van der Waals surface area contributed by atoms with Crippen molar-refractivity contribution in [3.05, 3.63) is 101 Å². The summed E-state index contributed by atoms with van der Waals surface area (Å²) >= 11 is 1.20. The third-order valence-corrected chi connectivity index (χ3v) is 10.6. The number of hydrogen-bond donors (Lipinski definition) is 1. The van der Waals surface area contributed by atoms with Crippen LogP contribution in [-0.2, 0) is 55.5 Å². The SMILES string of the molecule is CC(OC(=O)CCC(=O)N(C)CCS(=O)(=O)O)OC(=O)OC(Cn1cncn1)(c1ccc(F)cc1F)C(C)SC1COC(C=CC=Cc2ccc(C#N)cc2F)OC1. The van der Waals surface area contributed by atoms with E-state index in [0.29, 0.717) is 6.07 Å². The van der Waals surface area contributed by atoms with Crippen LogP contribution in [0.4, 0.5) is 18.0 Å². The number of carbonyl (C=O) groups is 3. The number of rotatable bonds is 18. The van der Waals surface area contributed by atoms with Gasteiger partial charge in [0.05, 0.1) is 48.8 Å². The van der Waals surface area contributed by atoms with Crippen molar-refractivity contribution in [1.29, 1.82) is 5.26 Å². The first-order chi connectivity index (χ1) is 27.5. The minimum Gasteiger partial charge on any atom is -0.425 e. The molecular formula is C37H40F3N5O11S2. The molecule has 0 bridgehead atoms. The average Bonchev–Trinajstić information content (AvgIpc) is 3.67. The Morgan fingerprint density at radius 1 is 1.10 bits per heavy atom. The number of thioether (sulfide) groups is 1. The topological polar surface area (TPSA) is 209 Å². The average molecular weight is 852 g/mol. The van der Waals surface area contributed by atoms with Gasteiger partial charge in [-0.15, -0.1) is 11.8 Å². The second kappa shape index (κ2) is 20.9. The predicted octanol–water partition coefficient (Wildman–Crippen LogP) is 4.76. The first kappa shape index (κ1) is 45.4. The van der Waals surface area contributed by atoms with Crippen molar-refractivity contribution in [2.24, 2.45) is 0 Å². The maximum absolute atomic E-state index is 15.7. The van der Waals surface area contributed by atoms with E-state index in [1.54, 1.807) is 25.2 Å². The van der Waals surface area contributed by atoms with E-state index in [1.165, 1.54) is 61.3 Å². The molecule has 21 heteroatoms. The number of nitriles is 1. The molecule has 1 aliphatic rings. The molecule has 3 unspecified atom stereocenters. The van der Waals surface area contributed by atoms with E-state index < -0.39 is 86.5 Å². The zero-order chi connectivity index (χ0) is 42.5. The molecular weight excluding hydrogens is 812 g/mol. The van der Waals surface area contributed by atoms with Gasteiger partial charge in [0, 0.05) is 49.4 Å². The molecule has 0 aliphatic carbocycles. The Kier molecular flexibility index (Phi) is 16.4. The van der Waals surface area contributed by atoms with Crippen molar-refractivity contribution in [1.82, 2.24) is 19.7 Å². The third kappa shape index (κ3) is 13.7. The summed E-state index contributed by atoms with van der Waals surface area (Å²) in [4.78, 5) is 43.1. The van der Waals surface area contributed by atoms with Crippen molar-refractivity contribution in [3.63, 3.8) is 0 Å². The largest absolute Gasteiger partial charge is 0.512 e. The summed E-state index contributed by atoms with van der Waals surface area (Å²) in [6, 6.07) is 8.70. The van der Waals surface area contributed by atoms with Gasteiger partial charge >= 0.3 is 12.1 Å². The number of nitrogens with zero attached hydrogens (tertiary/aromatic N) is 5. The Balaban J connectivity index is 1.43. The van der Waals surface area contributed by atoms with Crippen LogP contribution < -0.4 is 0 Å². The third-order valence-electron chi connectivity index (χ3n) is 8.46. The summed E-state index contributed by atoms with van der Waals surface area (Å²) in [5.41, 5.74) is -1.74. The first-order valence-electron chi connectivity index (χ1n) is 17.5. The van der Waals surface area contributed by atoms with Gasteiger partial charge in [0.15, 0.2) is 11.9 Å². The van der Waals surface area contributed by atoms with Gasteiger partial charge < -0.3 is 28.6 Å². The number of halogens is 3. The Bertz CT molecular complexity index is 2110. The fourth-order valence-corrected chi connectivity index (χ4v) is 7.34. The predicted molar refractivity (Wildman–Crippen MR) is 200 cm³/mol. The lowest BCUT2D eigenvalue weighted by Gasteiger charge is -2.40. The summed E-state index contributed by atoms with van der Waals surface area (Å²) in [6.07, 6.45) is 4.18. The summed E-state index contributed by atoms with van der Waals surface area (Å²) in [5.74, 6) is -4.78. The molecule has 1 aromatic heterocycles. The van der Waals surface area contributed by atoms with Gasteiger partial charge in [-0.05, 0) is 37.3 Å². The van der Waals surface area contributed by atoms with E-state index in [2.05, 4.69) is 10.1 Å². The molecule has 2 heterocycles. The second-order valence-electron chi connectivity index (χ2n) is 12.8. The number of esters is 1. The fourth-order valence-electron chi connectivity index (χ4n) is 5.48. The van der Waals surface area contributed by atoms with Gasteiger partial charge in [0.1, 0.15) is 30.1 Å². The van der Waals surface area contributed by atoms with Crippen molar-refractivity contribution >= 4 is 46.0 Å². The van der Waals surface area contributed by atoms with Crippen LogP contribution in [0, 0.1) is 28.8 Å². The van der Waals surface area contributed by atoms with E-state index in [-0.39, 0.29) is 49.4 Å². The van der Waals surface area contributed by atoms with Crippen LogP contribution in [0.5, 0.6) is 0 Å². The number of benzene rings is 2. The van der Waals surface area contributed by atoms with Gasteiger partial charge in [-0.3, -0.25) is 14.1 Å². The Morgan fingerprint density at radius 2 is 1.84 bits per heavy atom. The van der Waals surface area contributed by atoms with E-state index in [0.717, 1.165) is 23.1 Å². The molecule has 4 rings (SSSR count). The molecule has 312 valence electrons. The zero-order valence-electron chi connectivity index (χ0n) is 31.4. The summed E-state index contributed by atoms with van der Waals surface area (Å²) in [6.45, 7) is 2.41. The van der Waals surface area contributed by atoms with Crippen molar-refractivity contribution in [2.75, 3.05) is 32.6 Å². The van der Waals surface area contributed by atoms with Crippen LogP contribution >= 0.6 is 11.8 Å². The number of ether oxygens (including phenoxy) is 5. The van der Waals surface area contributed by atoms with Gasteiger partial charge in [0.25, 0.3) is 10.1 Å². The highest BCUT2D eigenvalue weighted by Crippen LogP contribution is 2.42. The second-order valence-corrected chi connectivity index (χ2v) is 16.0. The monoisotopic (exact) mass is 851 g/mol. The molecule has 2 aromatic carbocycles. The minimum atomic E-state index is -4.31. The lowest BCUT2D eigenvalue weighted by Crippen LogP contribution is -2.47. The fraction of sp³-hybridized carbons (Fsp3) is 0.405. The molecule has 0 saturated carbocycles. The number of carbonyl (C=O) groups excluding carboxylic acids is 3. The number of allylic oxidation sites excluding steroid dienone is 2. The number of hydrogen-bond acceptors (Lipinski definition) is 14.